The Labute approximate surface area is 184 Å². The number of nitrogens with zero attached hydrogens (tertiary/aromatic N) is 3. The van der Waals surface area contributed by atoms with Crippen molar-refractivity contribution in [2.45, 2.75) is 45.1 Å². The molecule has 1 N–H and O–H groups in total. The van der Waals surface area contributed by atoms with E-state index in [1.54, 1.807) is 26.0 Å². The van der Waals surface area contributed by atoms with Gasteiger partial charge in [0.15, 0.2) is 5.76 Å². The molecule has 0 aliphatic carbocycles. The van der Waals surface area contributed by atoms with E-state index in [9.17, 15) is 18.0 Å². The SMILES string of the molecule is Cc1noc(C)c1S(=O)(=O)N1CCCC(C(=O)OCc2nc3c(C)cccc3c(=O)[nH]2)C1. The lowest BCUT2D eigenvalue weighted by Crippen LogP contribution is -2.43. The zero-order valence-electron chi connectivity index (χ0n) is 18.0. The highest BCUT2D eigenvalue weighted by Gasteiger charge is 2.37. The molecule has 3 heterocycles. The van der Waals surface area contributed by atoms with Crippen molar-refractivity contribution in [1.29, 1.82) is 0 Å². The maximum absolute atomic E-state index is 13.1. The predicted molar refractivity (Wildman–Crippen MR) is 114 cm³/mol. The summed E-state index contributed by atoms with van der Waals surface area (Å²) in [7, 11) is -3.84. The van der Waals surface area contributed by atoms with Gasteiger partial charge in [0.2, 0.25) is 10.0 Å². The largest absolute Gasteiger partial charge is 0.457 e. The summed E-state index contributed by atoms with van der Waals surface area (Å²) in [5.41, 5.74) is 1.37. The number of aryl methyl sites for hydroxylation is 3. The van der Waals surface area contributed by atoms with E-state index in [-0.39, 0.29) is 40.9 Å². The number of piperidine rings is 1. The molecule has 1 aromatic carbocycles. The maximum Gasteiger partial charge on any atom is 0.310 e. The highest BCUT2D eigenvalue weighted by molar-refractivity contribution is 7.89. The van der Waals surface area contributed by atoms with Crippen molar-refractivity contribution in [2.75, 3.05) is 13.1 Å². The molecule has 1 saturated heterocycles. The minimum absolute atomic E-state index is 0.00596. The number of H-pyrrole nitrogens is 1. The first kappa shape index (κ1) is 22.2. The molecule has 1 atom stereocenters. The molecule has 4 rings (SSSR count). The highest BCUT2D eigenvalue weighted by Crippen LogP contribution is 2.28. The Balaban J connectivity index is 1.47. The fourth-order valence-electron chi connectivity index (χ4n) is 4.00. The van der Waals surface area contributed by atoms with Gasteiger partial charge in [0, 0.05) is 13.1 Å². The number of hydrogen-bond acceptors (Lipinski definition) is 8. The Morgan fingerprint density at radius 3 is 2.81 bits per heavy atom. The van der Waals surface area contributed by atoms with Gasteiger partial charge in [0.25, 0.3) is 5.56 Å². The van der Waals surface area contributed by atoms with Crippen LogP contribution in [0.25, 0.3) is 10.9 Å². The van der Waals surface area contributed by atoms with Gasteiger partial charge in [-0.3, -0.25) is 9.59 Å². The number of para-hydroxylation sites is 1. The van der Waals surface area contributed by atoms with Gasteiger partial charge < -0.3 is 14.2 Å². The fraction of sp³-hybridized carbons (Fsp3) is 0.429. The van der Waals surface area contributed by atoms with E-state index in [0.717, 1.165) is 5.56 Å². The number of fused-ring (bicyclic) bond motifs is 1. The fourth-order valence-corrected chi connectivity index (χ4v) is 5.82. The van der Waals surface area contributed by atoms with Gasteiger partial charge in [-0.2, -0.15) is 4.31 Å². The average molecular weight is 461 g/mol. The van der Waals surface area contributed by atoms with E-state index in [1.807, 2.05) is 13.0 Å². The number of aromatic nitrogens is 3. The number of benzene rings is 1. The summed E-state index contributed by atoms with van der Waals surface area (Å²) in [5.74, 6) is -0.695. The van der Waals surface area contributed by atoms with Crippen LogP contribution < -0.4 is 5.56 Å². The summed E-state index contributed by atoms with van der Waals surface area (Å²) >= 11 is 0. The van der Waals surface area contributed by atoms with E-state index in [1.165, 1.54) is 4.31 Å². The summed E-state index contributed by atoms with van der Waals surface area (Å²) in [6.45, 7) is 5.06. The van der Waals surface area contributed by atoms with Gasteiger partial charge in [-0.25, -0.2) is 13.4 Å². The van der Waals surface area contributed by atoms with Crippen molar-refractivity contribution < 1.29 is 22.5 Å². The Hall–Kier alpha value is -3.05. The number of carbonyl (C=O) groups is 1. The van der Waals surface area contributed by atoms with E-state index < -0.39 is 21.9 Å². The minimum atomic E-state index is -3.84. The number of nitrogens with one attached hydrogen (secondary N) is 1. The van der Waals surface area contributed by atoms with E-state index in [0.29, 0.717) is 30.3 Å². The van der Waals surface area contributed by atoms with Crippen molar-refractivity contribution >= 4 is 26.9 Å². The molecule has 0 amide bonds. The summed E-state index contributed by atoms with van der Waals surface area (Å²) in [5, 5.41) is 4.19. The summed E-state index contributed by atoms with van der Waals surface area (Å²) in [6, 6.07) is 5.31. The second-order valence-corrected chi connectivity index (χ2v) is 9.82. The second-order valence-electron chi connectivity index (χ2n) is 7.95. The molecule has 1 aliphatic rings. The number of ether oxygens (including phenoxy) is 1. The quantitative estimate of drug-likeness (QED) is 0.571. The Kier molecular flexibility index (Phi) is 5.87. The third-order valence-corrected chi connectivity index (χ3v) is 7.73. The Bertz CT molecular complexity index is 1320. The van der Waals surface area contributed by atoms with Crippen molar-refractivity contribution in [2.24, 2.45) is 5.92 Å². The normalized spacial score (nSPS) is 17.5. The Morgan fingerprint density at radius 2 is 2.09 bits per heavy atom. The summed E-state index contributed by atoms with van der Waals surface area (Å²) in [6.07, 6.45) is 1.03. The zero-order chi connectivity index (χ0) is 23.0. The van der Waals surface area contributed by atoms with Crippen LogP contribution in [0.2, 0.25) is 0 Å². The molecule has 0 radical (unpaired) electrons. The molecule has 170 valence electrons. The number of aromatic amines is 1. The molecule has 32 heavy (non-hydrogen) atoms. The van der Waals surface area contributed by atoms with Crippen LogP contribution in [0.3, 0.4) is 0 Å². The first-order valence-electron chi connectivity index (χ1n) is 10.3. The third-order valence-electron chi connectivity index (χ3n) is 5.62. The van der Waals surface area contributed by atoms with Gasteiger partial charge in [-0.1, -0.05) is 17.3 Å². The zero-order valence-corrected chi connectivity index (χ0v) is 18.9. The lowest BCUT2D eigenvalue weighted by molar-refractivity contribution is -0.151. The van der Waals surface area contributed by atoms with Gasteiger partial charge >= 0.3 is 5.97 Å². The molecule has 2 aromatic heterocycles. The number of esters is 1. The van der Waals surface area contributed by atoms with Crippen LogP contribution in [-0.4, -0.2) is 46.9 Å². The first-order chi connectivity index (χ1) is 15.2. The van der Waals surface area contributed by atoms with Crippen molar-refractivity contribution in [1.82, 2.24) is 19.4 Å². The van der Waals surface area contributed by atoms with Crippen molar-refractivity contribution in [3.63, 3.8) is 0 Å². The molecule has 11 heteroatoms. The topological polar surface area (TPSA) is 135 Å². The number of carbonyl (C=O) groups excluding carboxylic acids is 1. The maximum atomic E-state index is 13.1. The van der Waals surface area contributed by atoms with Crippen LogP contribution in [0, 0.1) is 26.7 Å². The highest BCUT2D eigenvalue weighted by atomic mass is 32.2. The minimum Gasteiger partial charge on any atom is -0.457 e. The summed E-state index contributed by atoms with van der Waals surface area (Å²) in [4.78, 5) is 32.1. The van der Waals surface area contributed by atoms with E-state index in [2.05, 4.69) is 15.1 Å². The standard InChI is InChI=1S/C21H24N4O6S/c1-12-6-4-8-16-18(12)22-17(23-20(16)26)11-30-21(27)15-7-5-9-25(10-15)32(28,29)19-13(2)24-31-14(19)3/h4,6,8,15H,5,7,9-11H2,1-3H3,(H,22,23,26). The average Bonchev–Trinajstić information content (AvgIpc) is 3.11. The molecular formula is C21H24N4O6S. The van der Waals surface area contributed by atoms with Crippen LogP contribution in [-0.2, 0) is 26.2 Å². The lowest BCUT2D eigenvalue weighted by Gasteiger charge is -2.30. The Morgan fingerprint density at radius 1 is 1.31 bits per heavy atom. The molecule has 0 saturated carbocycles. The van der Waals surface area contributed by atoms with Crippen LogP contribution in [0.15, 0.2) is 32.4 Å². The van der Waals surface area contributed by atoms with E-state index in [4.69, 9.17) is 9.26 Å². The van der Waals surface area contributed by atoms with Crippen LogP contribution in [0.1, 0.15) is 35.7 Å². The lowest BCUT2D eigenvalue weighted by atomic mass is 10.00. The molecule has 0 spiro atoms. The monoisotopic (exact) mass is 460 g/mol. The van der Waals surface area contributed by atoms with Gasteiger partial charge in [0.1, 0.15) is 23.0 Å². The molecule has 3 aromatic rings. The first-order valence-corrected chi connectivity index (χ1v) is 11.7. The second kappa shape index (κ2) is 8.47. The molecule has 1 aliphatic heterocycles. The predicted octanol–water partition coefficient (Wildman–Crippen LogP) is 1.98. The van der Waals surface area contributed by atoms with Gasteiger partial charge in [-0.05, 0) is 45.2 Å². The van der Waals surface area contributed by atoms with Gasteiger partial charge in [-0.15, -0.1) is 0 Å². The third kappa shape index (κ3) is 4.05. The van der Waals surface area contributed by atoms with Crippen molar-refractivity contribution in [3.05, 3.63) is 51.4 Å². The van der Waals surface area contributed by atoms with Crippen LogP contribution in [0.5, 0.6) is 0 Å². The number of hydrogen-bond donors (Lipinski definition) is 1. The molecular weight excluding hydrogens is 436 g/mol. The summed E-state index contributed by atoms with van der Waals surface area (Å²) < 4.78 is 37.8. The van der Waals surface area contributed by atoms with Crippen LogP contribution >= 0.6 is 0 Å². The number of sulfonamides is 1. The van der Waals surface area contributed by atoms with Crippen LogP contribution in [0.4, 0.5) is 0 Å². The molecule has 0 bridgehead atoms. The van der Waals surface area contributed by atoms with Crippen molar-refractivity contribution in [3.8, 4) is 0 Å². The smallest absolute Gasteiger partial charge is 0.310 e. The molecule has 1 fully saturated rings. The number of rotatable bonds is 5. The molecule has 1 unspecified atom stereocenters. The molecule has 10 nitrogen and oxygen atoms in total. The van der Waals surface area contributed by atoms with E-state index >= 15 is 0 Å². The van der Waals surface area contributed by atoms with Gasteiger partial charge in [0.05, 0.1) is 16.8 Å².